The van der Waals surface area contributed by atoms with Gasteiger partial charge in [-0.15, -0.1) is 11.3 Å². The summed E-state index contributed by atoms with van der Waals surface area (Å²) in [6.07, 6.45) is 2.24. The maximum atomic E-state index is 2.47. The number of benzene rings is 5. The van der Waals surface area contributed by atoms with Crippen molar-refractivity contribution in [1.29, 1.82) is 0 Å². The predicted molar refractivity (Wildman–Crippen MR) is 168 cm³/mol. The number of hydrogen-bond donors (Lipinski definition) is 0. The van der Waals surface area contributed by atoms with Crippen molar-refractivity contribution in [2.45, 2.75) is 32.1 Å². The van der Waals surface area contributed by atoms with Gasteiger partial charge in [-0.2, -0.15) is 0 Å². The molecular weight excluding hydrogens is 490 g/mol. The number of hydrogen-bond acceptors (Lipinski definition) is 2. The molecule has 39 heavy (non-hydrogen) atoms. The fourth-order valence-electron chi connectivity index (χ4n) is 7.00. The van der Waals surface area contributed by atoms with Crippen molar-refractivity contribution in [3.05, 3.63) is 142 Å². The van der Waals surface area contributed by atoms with Crippen LogP contribution in [0, 0.1) is 0 Å². The number of nitrogens with zero attached hydrogens (tertiary/aromatic N) is 1. The van der Waals surface area contributed by atoms with E-state index in [0.717, 1.165) is 12.8 Å². The third kappa shape index (κ3) is 3.25. The number of aryl methyl sites for hydroxylation is 1. The van der Waals surface area contributed by atoms with Gasteiger partial charge in [0.2, 0.25) is 0 Å². The number of anilines is 3. The van der Waals surface area contributed by atoms with Crippen LogP contribution in [0.3, 0.4) is 0 Å². The van der Waals surface area contributed by atoms with E-state index in [1.807, 2.05) is 11.3 Å². The molecule has 0 saturated heterocycles. The Labute approximate surface area is 233 Å². The highest BCUT2D eigenvalue weighted by Crippen LogP contribution is 2.57. The predicted octanol–water partition coefficient (Wildman–Crippen LogP) is 10.6. The zero-order valence-corrected chi connectivity index (χ0v) is 23.1. The van der Waals surface area contributed by atoms with Crippen molar-refractivity contribution in [3.63, 3.8) is 0 Å². The SMILES string of the molecule is CC1(C)C2=C(c3ccccc31)c1sc3c(N(c4ccccc4)c4cccc5ccccc45)cccc3c1CC2. The molecular formula is C37H29NS. The maximum Gasteiger partial charge on any atom is 0.0640 e. The second-order valence-electron chi connectivity index (χ2n) is 11.3. The number of fused-ring (bicyclic) bond motifs is 7. The molecule has 0 fully saturated rings. The minimum atomic E-state index is 0.0850. The van der Waals surface area contributed by atoms with E-state index < -0.39 is 0 Å². The number of para-hydroxylation sites is 1. The Morgan fingerprint density at radius 2 is 1.33 bits per heavy atom. The van der Waals surface area contributed by atoms with E-state index >= 15 is 0 Å². The van der Waals surface area contributed by atoms with Gasteiger partial charge in [-0.25, -0.2) is 0 Å². The highest BCUT2D eigenvalue weighted by atomic mass is 32.1. The topological polar surface area (TPSA) is 3.24 Å². The molecule has 0 saturated carbocycles. The summed E-state index contributed by atoms with van der Waals surface area (Å²) in [5.74, 6) is 0. The summed E-state index contributed by atoms with van der Waals surface area (Å²) in [5, 5.41) is 3.93. The Bertz CT molecular complexity index is 1930. The summed E-state index contributed by atoms with van der Waals surface area (Å²) < 4.78 is 1.37. The average Bonchev–Trinajstić information content (AvgIpc) is 3.47. The van der Waals surface area contributed by atoms with Gasteiger partial charge >= 0.3 is 0 Å². The van der Waals surface area contributed by atoms with Gasteiger partial charge in [-0.05, 0) is 70.1 Å². The minimum Gasteiger partial charge on any atom is -0.308 e. The number of thiophene rings is 1. The minimum absolute atomic E-state index is 0.0850. The smallest absolute Gasteiger partial charge is 0.0640 e. The molecule has 8 rings (SSSR count). The van der Waals surface area contributed by atoms with Crippen molar-refractivity contribution < 1.29 is 0 Å². The Kier molecular flexibility index (Phi) is 4.93. The monoisotopic (exact) mass is 519 g/mol. The van der Waals surface area contributed by atoms with Crippen molar-refractivity contribution >= 4 is 54.8 Å². The van der Waals surface area contributed by atoms with Crippen LogP contribution in [0.5, 0.6) is 0 Å². The summed E-state index contributed by atoms with van der Waals surface area (Å²) in [6, 6.07) is 42.2. The zero-order valence-electron chi connectivity index (χ0n) is 22.2. The summed E-state index contributed by atoms with van der Waals surface area (Å²) >= 11 is 1.99. The average molecular weight is 520 g/mol. The Morgan fingerprint density at radius 3 is 2.23 bits per heavy atom. The third-order valence-corrected chi connectivity index (χ3v) is 10.1. The molecule has 0 amide bonds. The quantitative estimate of drug-likeness (QED) is 0.225. The van der Waals surface area contributed by atoms with Crippen molar-refractivity contribution in [2.24, 2.45) is 0 Å². The first-order valence-electron chi connectivity index (χ1n) is 13.8. The van der Waals surface area contributed by atoms with Crippen molar-refractivity contribution in [3.8, 4) is 0 Å². The summed E-state index contributed by atoms with van der Waals surface area (Å²) in [7, 11) is 0. The molecule has 0 bridgehead atoms. The van der Waals surface area contributed by atoms with Crippen molar-refractivity contribution in [2.75, 3.05) is 4.90 Å². The van der Waals surface area contributed by atoms with E-state index in [1.54, 1.807) is 5.57 Å². The molecule has 0 N–H and O–H groups in total. The first-order chi connectivity index (χ1) is 19.1. The van der Waals surface area contributed by atoms with Gasteiger partial charge in [0.15, 0.2) is 0 Å². The van der Waals surface area contributed by atoms with Gasteiger partial charge in [0, 0.05) is 21.4 Å². The molecule has 2 aliphatic carbocycles. The molecule has 1 aromatic heterocycles. The van der Waals surface area contributed by atoms with Crippen LogP contribution >= 0.6 is 11.3 Å². The normalized spacial score (nSPS) is 15.3. The summed E-state index contributed by atoms with van der Waals surface area (Å²) in [5.41, 5.74) is 11.3. The number of rotatable bonds is 3. The van der Waals surface area contributed by atoms with Gasteiger partial charge in [-0.3, -0.25) is 0 Å². The molecule has 2 heteroatoms. The van der Waals surface area contributed by atoms with Gasteiger partial charge in [0.25, 0.3) is 0 Å². The van der Waals surface area contributed by atoms with E-state index in [-0.39, 0.29) is 5.41 Å². The summed E-state index contributed by atoms with van der Waals surface area (Å²) in [4.78, 5) is 3.94. The van der Waals surface area contributed by atoms with Gasteiger partial charge in [0.05, 0.1) is 16.1 Å². The second-order valence-corrected chi connectivity index (χ2v) is 12.3. The van der Waals surface area contributed by atoms with Crippen LogP contribution in [-0.2, 0) is 11.8 Å². The molecule has 1 heterocycles. The van der Waals surface area contributed by atoms with E-state index in [1.165, 1.54) is 65.1 Å². The lowest BCUT2D eigenvalue weighted by Gasteiger charge is -2.27. The maximum absolute atomic E-state index is 2.47. The molecule has 0 unspecified atom stereocenters. The van der Waals surface area contributed by atoms with Crippen LogP contribution in [0.15, 0.2) is 121 Å². The molecule has 5 aromatic carbocycles. The van der Waals surface area contributed by atoms with E-state index in [2.05, 4.69) is 134 Å². The van der Waals surface area contributed by atoms with Crippen LogP contribution in [-0.4, -0.2) is 0 Å². The van der Waals surface area contributed by atoms with E-state index in [4.69, 9.17) is 0 Å². The number of allylic oxidation sites excluding steroid dienone is 1. The van der Waals surface area contributed by atoms with Crippen LogP contribution < -0.4 is 4.90 Å². The molecule has 0 aliphatic heterocycles. The van der Waals surface area contributed by atoms with E-state index in [9.17, 15) is 0 Å². The summed E-state index contributed by atoms with van der Waals surface area (Å²) in [6.45, 7) is 4.82. The van der Waals surface area contributed by atoms with Crippen LogP contribution in [0.1, 0.15) is 41.8 Å². The highest BCUT2D eigenvalue weighted by Gasteiger charge is 2.41. The molecule has 0 radical (unpaired) electrons. The largest absolute Gasteiger partial charge is 0.308 e. The van der Waals surface area contributed by atoms with Crippen molar-refractivity contribution in [1.82, 2.24) is 0 Å². The lowest BCUT2D eigenvalue weighted by atomic mass is 9.77. The molecule has 0 atom stereocenters. The molecule has 6 aromatic rings. The van der Waals surface area contributed by atoms with Gasteiger partial charge < -0.3 is 4.90 Å². The molecule has 1 nitrogen and oxygen atoms in total. The van der Waals surface area contributed by atoms with Crippen LogP contribution in [0.4, 0.5) is 17.1 Å². The Hall–Kier alpha value is -4.14. The van der Waals surface area contributed by atoms with Crippen LogP contribution in [0.25, 0.3) is 26.4 Å². The highest BCUT2D eigenvalue weighted by molar-refractivity contribution is 7.21. The second kappa shape index (κ2) is 8.43. The molecule has 0 spiro atoms. The molecule has 2 aliphatic rings. The van der Waals surface area contributed by atoms with Crippen LogP contribution in [0.2, 0.25) is 0 Å². The standard InChI is InChI=1S/C37H29NS/c1-37(2)30-19-9-8-17-29(30)34-31(37)23-22-28-27-18-11-21-33(35(27)39-36(28)34)38(25-14-4-3-5-15-25)32-20-10-13-24-12-6-7-16-26(24)32/h3-21H,22-23H2,1-2H3. The lowest BCUT2D eigenvalue weighted by Crippen LogP contribution is -2.18. The Morgan fingerprint density at radius 1 is 0.641 bits per heavy atom. The molecule has 188 valence electrons. The first kappa shape index (κ1) is 22.8. The fraction of sp³-hybridized carbons (Fsp3) is 0.135. The lowest BCUT2D eigenvalue weighted by molar-refractivity contribution is 0.605. The zero-order chi connectivity index (χ0) is 26.1. The first-order valence-corrected chi connectivity index (χ1v) is 14.7. The van der Waals surface area contributed by atoms with Gasteiger partial charge in [-0.1, -0.05) is 110 Å². The van der Waals surface area contributed by atoms with Gasteiger partial charge in [0.1, 0.15) is 0 Å². The Balaban J connectivity index is 1.41. The third-order valence-electron chi connectivity index (χ3n) is 8.84. The van der Waals surface area contributed by atoms with E-state index in [0.29, 0.717) is 0 Å². The fourth-order valence-corrected chi connectivity index (χ4v) is 8.44.